The number of nitrogens with one attached hydrogen (secondary N) is 1. The van der Waals surface area contributed by atoms with Crippen molar-refractivity contribution in [2.24, 2.45) is 0 Å². The molecule has 4 heterocycles. The summed E-state index contributed by atoms with van der Waals surface area (Å²) in [5, 5.41) is 8.99. The zero-order valence-corrected chi connectivity index (χ0v) is 21.5. The van der Waals surface area contributed by atoms with Crippen molar-refractivity contribution in [3.63, 3.8) is 0 Å². The standard InChI is InChI=1S/C26H28F2N8O3/c1-38-14-21-20(24(37)31-11-17-3-4-19-18(22(17)39-2)5-7-30-23(19)29)13-36(34-21)12-16-9-32-25(33-10-16)35-8-6-26(27,28)15-35/h3-5,7,9-10,13H,6,8,11-12,14-15H2,1-2H3,(H2,29,30)(H,31,37). The fourth-order valence-corrected chi connectivity index (χ4v) is 4.61. The van der Waals surface area contributed by atoms with Crippen LogP contribution in [0.5, 0.6) is 5.75 Å². The Labute approximate surface area is 223 Å². The summed E-state index contributed by atoms with van der Waals surface area (Å²) in [4.78, 5) is 27.2. The lowest BCUT2D eigenvalue weighted by molar-refractivity contribution is 0.0256. The van der Waals surface area contributed by atoms with Crippen LogP contribution in [0.4, 0.5) is 20.5 Å². The largest absolute Gasteiger partial charge is 0.496 e. The molecule has 0 aliphatic carbocycles. The molecule has 3 aromatic heterocycles. The first kappa shape index (κ1) is 26.2. The normalized spacial score (nSPS) is 14.6. The molecule has 0 bridgehead atoms. The van der Waals surface area contributed by atoms with Crippen molar-refractivity contribution in [1.29, 1.82) is 0 Å². The Morgan fingerprint density at radius 1 is 1.15 bits per heavy atom. The minimum Gasteiger partial charge on any atom is -0.496 e. The highest BCUT2D eigenvalue weighted by Gasteiger charge is 2.39. The number of fused-ring (bicyclic) bond motifs is 1. The van der Waals surface area contributed by atoms with Gasteiger partial charge in [-0.05, 0) is 6.07 Å². The van der Waals surface area contributed by atoms with Crippen LogP contribution in [0.2, 0.25) is 0 Å². The summed E-state index contributed by atoms with van der Waals surface area (Å²) in [5.41, 5.74) is 8.29. The van der Waals surface area contributed by atoms with Gasteiger partial charge < -0.3 is 25.4 Å². The maximum absolute atomic E-state index is 13.5. The van der Waals surface area contributed by atoms with E-state index in [2.05, 4.69) is 25.4 Å². The number of anilines is 2. The first-order chi connectivity index (χ1) is 18.8. The molecule has 4 aromatic rings. The fourth-order valence-electron chi connectivity index (χ4n) is 4.61. The van der Waals surface area contributed by atoms with Gasteiger partial charge in [-0.15, -0.1) is 0 Å². The highest BCUT2D eigenvalue weighted by Crippen LogP contribution is 2.32. The summed E-state index contributed by atoms with van der Waals surface area (Å²) in [6.07, 6.45) is 6.17. The first-order valence-corrected chi connectivity index (χ1v) is 12.2. The van der Waals surface area contributed by atoms with E-state index >= 15 is 0 Å². The van der Waals surface area contributed by atoms with E-state index in [-0.39, 0.29) is 51.1 Å². The second-order valence-electron chi connectivity index (χ2n) is 9.27. The van der Waals surface area contributed by atoms with E-state index in [0.29, 0.717) is 28.4 Å². The fraction of sp³-hybridized carbons (Fsp3) is 0.346. The predicted molar refractivity (Wildman–Crippen MR) is 140 cm³/mol. The summed E-state index contributed by atoms with van der Waals surface area (Å²) < 4.78 is 39.5. The van der Waals surface area contributed by atoms with E-state index in [4.69, 9.17) is 15.2 Å². The van der Waals surface area contributed by atoms with Crippen LogP contribution in [0.15, 0.2) is 43.0 Å². The number of rotatable bonds is 9. The molecule has 204 valence electrons. The van der Waals surface area contributed by atoms with Crippen LogP contribution in [-0.4, -0.2) is 63.9 Å². The molecule has 5 rings (SSSR count). The van der Waals surface area contributed by atoms with Gasteiger partial charge in [0, 0.05) is 73.3 Å². The molecule has 1 aliphatic rings. The smallest absolute Gasteiger partial charge is 0.267 e. The summed E-state index contributed by atoms with van der Waals surface area (Å²) >= 11 is 0. The number of carbonyl (C=O) groups excluding carboxylic acids is 1. The number of nitrogen functional groups attached to an aromatic ring is 1. The molecule has 39 heavy (non-hydrogen) atoms. The van der Waals surface area contributed by atoms with E-state index in [9.17, 15) is 13.6 Å². The van der Waals surface area contributed by atoms with Gasteiger partial charge in [-0.3, -0.25) is 9.48 Å². The van der Waals surface area contributed by atoms with Crippen molar-refractivity contribution >= 4 is 28.4 Å². The van der Waals surface area contributed by atoms with Gasteiger partial charge in [-0.2, -0.15) is 5.10 Å². The Balaban J connectivity index is 1.29. The lowest BCUT2D eigenvalue weighted by Gasteiger charge is -2.15. The summed E-state index contributed by atoms with van der Waals surface area (Å²) in [6, 6.07) is 5.50. The van der Waals surface area contributed by atoms with Crippen LogP contribution in [0.1, 0.15) is 33.6 Å². The molecule has 1 saturated heterocycles. The molecule has 1 fully saturated rings. The van der Waals surface area contributed by atoms with Crippen LogP contribution in [0.25, 0.3) is 10.8 Å². The molecule has 13 heteroatoms. The summed E-state index contributed by atoms with van der Waals surface area (Å²) in [7, 11) is 3.09. The van der Waals surface area contributed by atoms with Crippen LogP contribution in [-0.2, 0) is 24.4 Å². The van der Waals surface area contributed by atoms with Gasteiger partial charge in [-0.1, -0.05) is 12.1 Å². The highest BCUT2D eigenvalue weighted by molar-refractivity contribution is 5.97. The number of amides is 1. The third-order valence-electron chi connectivity index (χ3n) is 6.50. The van der Waals surface area contributed by atoms with Crippen molar-refractivity contribution in [2.45, 2.75) is 32.0 Å². The number of aromatic nitrogens is 5. The van der Waals surface area contributed by atoms with E-state index in [1.165, 1.54) is 12.0 Å². The number of hydrogen-bond acceptors (Lipinski definition) is 9. The van der Waals surface area contributed by atoms with Crippen LogP contribution >= 0.6 is 0 Å². The zero-order chi connectivity index (χ0) is 27.6. The van der Waals surface area contributed by atoms with Gasteiger partial charge in [-0.25, -0.2) is 23.7 Å². The average molecular weight is 539 g/mol. The Bertz CT molecular complexity index is 1490. The average Bonchev–Trinajstić information content (AvgIpc) is 3.50. The van der Waals surface area contributed by atoms with E-state index in [1.807, 2.05) is 18.2 Å². The number of halogens is 2. The van der Waals surface area contributed by atoms with Crippen molar-refractivity contribution in [3.05, 3.63) is 65.4 Å². The third kappa shape index (κ3) is 5.58. The van der Waals surface area contributed by atoms with Crippen LogP contribution in [0, 0.1) is 0 Å². The Kier molecular flexibility index (Phi) is 7.24. The second kappa shape index (κ2) is 10.8. The molecular formula is C26H28F2N8O3. The summed E-state index contributed by atoms with van der Waals surface area (Å²) in [6.45, 7) is 0.457. The monoisotopic (exact) mass is 538 g/mol. The number of nitrogens with zero attached hydrogens (tertiary/aromatic N) is 6. The lowest BCUT2D eigenvalue weighted by Crippen LogP contribution is -2.26. The molecule has 1 aliphatic heterocycles. The number of nitrogens with two attached hydrogens (primary N) is 1. The van der Waals surface area contributed by atoms with Crippen molar-refractivity contribution in [3.8, 4) is 5.75 Å². The van der Waals surface area contributed by atoms with Gasteiger partial charge in [0.05, 0.1) is 32.4 Å². The molecule has 11 nitrogen and oxygen atoms in total. The SMILES string of the molecule is COCc1nn(Cc2cnc(N3CCC(F)(F)C3)nc2)cc1C(=O)NCc1ccc2c(N)nccc2c1OC. The molecule has 0 spiro atoms. The molecule has 3 N–H and O–H groups in total. The summed E-state index contributed by atoms with van der Waals surface area (Å²) in [5.74, 6) is -1.78. The molecule has 0 unspecified atom stereocenters. The van der Waals surface area contributed by atoms with Crippen LogP contribution in [0.3, 0.4) is 0 Å². The van der Waals surface area contributed by atoms with E-state index in [0.717, 1.165) is 16.3 Å². The van der Waals surface area contributed by atoms with Crippen LogP contribution < -0.4 is 20.7 Å². The van der Waals surface area contributed by atoms with Gasteiger partial charge in [0.25, 0.3) is 11.8 Å². The van der Waals surface area contributed by atoms with E-state index < -0.39 is 5.92 Å². The molecule has 0 saturated carbocycles. The van der Waals surface area contributed by atoms with Gasteiger partial charge in [0.15, 0.2) is 0 Å². The first-order valence-electron chi connectivity index (χ1n) is 12.2. The lowest BCUT2D eigenvalue weighted by atomic mass is 10.1. The topological polar surface area (TPSA) is 133 Å². The number of carbonyl (C=O) groups is 1. The Morgan fingerprint density at radius 3 is 2.64 bits per heavy atom. The number of benzene rings is 1. The van der Waals surface area contributed by atoms with Crippen molar-refractivity contribution in [1.82, 2.24) is 30.0 Å². The third-order valence-corrected chi connectivity index (χ3v) is 6.50. The number of ether oxygens (including phenoxy) is 2. The minimum absolute atomic E-state index is 0.139. The van der Waals surface area contributed by atoms with Gasteiger partial charge >= 0.3 is 0 Å². The van der Waals surface area contributed by atoms with E-state index in [1.54, 1.807) is 36.6 Å². The van der Waals surface area contributed by atoms with Gasteiger partial charge in [0.1, 0.15) is 17.3 Å². The highest BCUT2D eigenvalue weighted by atomic mass is 19.3. The minimum atomic E-state index is -2.73. The Hall–Kier alpha value is -4.39. The van der Waals surface area contributed by atoms with Gasteiger partial charge in [0.2, 0.25) is 5.95 Å². The molecule has 0 atom stereocenters. The quantitative estimate of drug-likeness (QED) is 0.330. The number of methoxy groups -OCH3 is 2. The maximum Gasteiger partial charge on any atom is 0.267 e. The van der Waals surface area contributed by atoms with Crippen molar-refractivity contribution < 1.29 is 23.0 Å². The number of alkyl halides is 2. The predicted octanol–water partition coefficient (Wildman–Crippen LogP) is 2.78. The Morgan fingerprint density at radius 2 is 1.95 bits per heavy atom. The zero-order valence-electron chi connectivity index (χ0n) is 21.5. The maximum atomic E-state index is 13.5. The van der Waals surface area contributed by atoms with Crippen molar-refractivity contribution in [2.75, 3.05) is 37.9 Å². The second-order valence-corrected chi connectivity index (χ2v) is 9.27. The molecule has 1 amide bonds. The molecular weight excluding hydrogens is 510 g/mol. The molecule has 1 aromatic carbocycles. The molecule has 0 radical (unpaired) electrons. The number of hydrogen-bond donors (Lipinski definition) is 2. The number of pyridine rings is 1.